The molecule has 0 aliphatic carbocycles. The van der Waals surface area contributed by atoms with E-state index in [2.05, 4.69) is 15.5 Å². The number of amides is 1. The Bertz CT molecular complexity index is 1210. The molecule has 0 saturated carbocycles. The molecule has 1 aromatic carbocycles. The van der Waals surface area contributed by atoms with Gasteiger partial charge in [0.1, 0.15) is 16.6 Å². The molecule has 8 nitrogen and oxygen atoms in total. The average molecular weight is 527 g/mol. The van der Waals surface area contributed by atoms with E-state index in [0.717, 1.165) is 10.4 Å². The largest absolute Gasteiger partial charge is 0.481 e. The Hall–Kier alpha value is -2.63. The number of anilines is 1. The molecule has 34 heavy (non-hydrogen) atoms. The first-order chi connectivity index (χ1) is 16.2. The van der Waals surface area contributed by atoms with Crippen LogP contribution in [0.5, 0.6) is 5.75 Å². The summed E-state index contributed by atoms with van der Waals surface area (Å²) in [5.74, 6) is -0.320. The number of halogens is 2. The molecule has 0 saturated heterocycles. The van der Waals surface area contributed by atoms with Crippen LogP contribution in [0.3, 0.4) is 0 Å². The molecule has 3 aromatic rings. The lowest BCUT2D eigenvalue weighted by Gasteiger charge is -2.15. The number of nitrogens with zero attached hydrogens (tertiary/aromatic N) is 3. The van der Waals surface area contributed by atoms with Crippen LogP contribution in [-0.2, 0) is 23.0 Å². The summed E-state index contributed by atoms with van der Waals surface area (Å²) in [6.07, 6.45) is 0.135. The van der Waals surface area contributed by atoms with Crippen molar-refractivity contribution in [1.29, 1.82) is 0 Å². The summed E-state index contributed by atoms with van der Waals surface area (Å²) in [4.78, 5) is 25.8. The van der Waals surface area contributed by atoms with Crippen molar-refractivity contribution < 1.29 is 23.5 Å². The molecule has 2 aromatic heterocycles. The van der Waals surface area contributed by atoms with Crippen molar-refractivity contribution in [1.82, 2.24) is 14.8 Å². The number of methoxy groups -OCH3 is 1. The SMILES string of the molecule is CCc1c(C)sc(NC(=O)CSc2nnc(C(C)Oc3ccc(F)cc3Cl)n2C)c1C(=O)OC. The molecule has 1 N–H and O–H groups in total. The maximum atomic E-state index is 13.3. The van der Waals surface area contributed by atoms with Crippen LogP contribution < -0.4 is 10.1 Å². The Morgan fingerprint density at radius 1 is 1.35 bits per heavy atom. The highest BCUT2D eigenvalue weighted by Crippen LogP contribution is 2.34. The standard InChI is InChI=1S/C22H24ClFN4O4S2/c1-6-14-12(3)34-20(18(14)21(30)31-5)25-17(29)10-33-22-27-26-19(28(22)4)11(2)32-16-8-7-13(24)9-15(16)23/h7-9,11H,6,10H2,1-5H3,(H,25,29). The summed E-state index contributed by atoms with van der Waals surface area (Å²) >= 11 is 8.58. The second kappa shape index (κ2) is 11.2. The number of rotatable bonds is 9. The summed E-state index contributed by atoms with van der Waals surface area (Å²) in [5, 5.41) is 12.2. The molecule has 1 atom stereocenters. The van der Waals surface area contributed by atoms with Crippen LogP contribution in [0.4, 0.5) is 9.39 Å². The Labute approximate surface area is 209 Å². The number of ether oxygens (including phenoxy) is 2. The molecule has 1 unspecified atom stereocenters. The number of carbonyl (C=O) groups is 2. The zero-order valence-corrected chi connectivity index (χ0v) is 21.7. The predicted molar refractivity (Wildman–Crippen MR) is 131 cm³/mol. The van der Waals surface area contributed by atoms with Crippen molar-refractivity contribution >= 4 is 51.6 Å². The van der Waals surface area contributed by atoms with Gasteiger partial charge in [-0.15, -0.1) is 21.5 Å². The van der Waals surface area contributed by atoms with Crippen LogP contribution in [0.2, 0.25) is 5.02 Å². The lowest BCUT2D eigenvalue weighted by molar-refractivity contribution is -0.113. The number of esters is 1. The monoisotopic (exact) mass is 526 g/mol. The molecule has 2 heterocycles. The molecule has 0 aliphatic heterocycles. The molecular weight excluding hydrogens is 503 g/mol. The van der Waals surface area contributed by atoms with Gasteiger partial charge in [0, 0.05) is 11.9 Å². The van der Waals surface area contributed by atoms with Gasteiger partial charge in [0.05, 0.1) is 23.4 Å². The Kier molecular flexibility index (Phi) is 8.56. The highest BCUT2D eigenvalue weighted by atomic mass is 35.5. The number of nitrogens with one attached hydrogen (secondary N) is 1. The van der Waals surface area contributed by atoms with E-state index >= 15 is 0 Å². The molecule has 0 fully saturated rings. The number of benzene rings is 1. The van der Waals surface area contributed by atoms with E-state index in [1.165, 1.54) is 48.4 Å². The van der Waals surface area contributed by atoms with Crippen molar-refractivity contribution in [2.75, 3.05) is 18.2 Å². The van der Waals surface area contributed by atoms with E-state index in [9.17, 15) is 14.0 Å². The highest BCUT2D eigenvalue weighted by molar-refractivity contribution is 7.99. The molecule has 0 spiro atoms. The zero-order chi connectivity index (χ0) is 25.0. The minimum Gasteiger partial charge on any atom is -0.481 e. The van der Waals surface area contributed by atoms with Crippen LogP contribution in [-0.4, -0.2) is 39.5 Å². The van der Waals surface area contributed by atoms with Crippen molar-refractivity contribution in [3.8, 4) is 5.75 Å². The van der Waals surface area contributed by atoms with Gasteiger partial charge in [-0.3, -0.25) is 4.79 Å². The Morgan fingerprint density at radius 3 is 2.74 bits per heavy atom. The quantitative estimate of drug-likeness (QED) is 0.302. The van der Waals surface area contributed by atoms with E-state index in [4.69, 9.17) is 21.1 Å². The van der Waals surface area contributed by atoms with Crippen molar-refractivity contribution in [3.63, 3.8) is 0 Å². The van der Waals surface area contributed by atoms with Gasteiger partial charge in [0.25, 0.3) is 0 Å². The van der Waals surface area contributed by atoms with Crippen LogP contribution in [0.1, 0.15) is 46.6 Å². The predicted octanol–water partition coefficient (Wildman–Crippen LogP) is 5.20. The molecule has 0 aliphatic rings. The van der Waals surface area contributed by atoms with Crippen LogP contribution in [0, 0.1) is 12.7 Å². The van der Waals surface area contributed by atoms with Gasteiger partial charge in [0.2, 0.25) is 5.91 Å². The summed E-state index contributed by atoms with van der Waals surface area (Å²) in [5.41, 5.74) is 1.27. The number of aryl methyl sites for hydroxylation is 1. The van der Waals surface area contributed by atoms with E-state index in [0.29, 0.717) is 33.7 Å². The fraction of sp³-hybridized carbons (Fsp3) is 0.364. The number of thiophene rings is 1. The van der Waals surface area contributed by atoms with Crippen LogP contribution in [0.25, 0.3) is 0 Å². The van der Waals surface area contributed by atoms with Gasteiger partial charge >= 0.3 is 5.97 Å². The molecule has 1 amide bonds. The first-order valence-electron chi connectivity index (χ1n) is 10.3. The first kappa shape index (κ1) is 26.0. The molecular formula is C22H24ClFN4O4S2. The third kappa shape index (κ3) is 5.70. The average Bonchev–Trinajstić information content (AvgIpc) is 3.32. The number of carbonyl (C=O) groups excluding carboxylic acids is 2. The first-order valence-corrected chi connectivity index (χ1v) is 12.5. The minimum atomic E-state index is -0.521. The third-order valence-electron chi connectivity index (χ3n) is 4.97. The molecule has 3 rings (SSSR count). The Balaban J connectivity index is 1.66. The topological polar surface area (TPSA) is 95.3 Å². The molecule has 0 radical (unpaired) electrons. The number of aromatic nitrogens is 3. The summed E-state index contributed by atoms with van der Waals surface area (Å²) in [6.45, 7) is 5.62. The van der Waals surface area contributed by atoms with Gasteiger partial charge in [-0.05, 0) is 44.0 Å². The van der Waals surface area contributed by atoms with E-state index in [1.54, 1.807) is 18.5 Å². The maximum absolute atomic E-state index is 13.3. The molecule has 12 heteroatoms. The summed E-state index contributed by atoms with van der Waals surface area (Å²) in [7, 11) is 3.07. The zero-order valence-electron chi connectivity index (χ0n) is 19.3. The number of thioether (sulfide) groups is 1. The number of hydrogen-bond donors (Lipinski definition) is 1. The van der Waals surface area contributed by atoms with Gasteiger partial charge in [-0.2, -0.15) is 0 Å². The van der Waals surface area contributed by atoms with E-state index in [1.807, 2.05) is 13.8 Å². The molecule has 182 valence electrons. The van der Waals surface area contributed by atoms with Gasteiger partial charge in [-0.1, -0.05) is 30.3 Å². The second-order valence-electron chi connectivity index (χ2n) is 7.26. The fourth-order valence-electron chi connectivity index (χ4n) is 3.32. The van der Waals surface area contributed by atoms with Gasteiger partial charge < -0.3 is 19.4 Å². The van der Waals surface area contributed by atoms with E-state index in [-0.39, 0.29) is 16.7 Å². The van der Waals surface area contributed by atoms with Crippen molar-refractivity contribution in [3.05, 3.63) is 50.9 Å². The third-order valence-corrected chi connectivity index (χ3v) is 7.35. The van der Waals surface area contributed by atoms with Crippen LogP contribution in [0.15, 0.2) is 23.4 Å². The van der Waals surface area contributed by atoms with E-state index < -0.39 is 17.9 Å². The van der Waals surface area contributed by atoms with Crippen LogP contribution >= 0.6 is 34.7 Å². The lowest BCUT2D eigenvalue weighted by atomic mass is 10.1. The Morgan fingerprint density at radius 2 is 2.09 bits per heavy atom. The molecule has 0 bridgehead atoms. The fourth-order valence-corrected chi connectivity index (χ4v) is 5.40. The van der Waals surface area contributed by atoms with Crippen molar-refractivity contribution in [2.45, 2.75) is 38.5 Å². The normalized spacial score (nSPS) is 11.9. The van der Waals surface area contributed by atoms with Gasteiger partial charge in [0.15, 0.2) is 17.1 Å². The van der Waals surface area contributed by atoms with Gasteiger partial charge in [-0.25, -0.2) is 9.18 Å². The maximum Gasteiger partial charge on any atom is 0.341 e. The minimum absolute atomic E-state index is 0.0595. The second-order valence-corrected chi connectivity index (χ2v) is 9.83. The number of hydrogen-bond acceptors (Lipinski definition) is 8. The highest BCUT2D eigenvalue weighted by Gasteiger charge is 2.24. The summed E-state index contributed by atoms with van der Waals surface area (Å²) in [6, 6.07) is 3.88. The summed E-state index contributed by atoms with van der Waals surface area (Å²) < 4.78 is 25.7. The smallest absolute Gasteiger partial charge is 0.341 e. The lowest BCUT2D eigenvalue weighted by Crippen LogP contribution is -2.16. The van der Waals surface area contributed by atoms with Crippen molar-refractivity contribution in [2.24, 2.45) is 7.05 Å².